The van der Waals surface area contributed by atoms with Crippen molar-refractivity contribution in [2.24, 2.45) is 5.73 Å². The van der Waals surface area contributed by atoms with Crippen LogP contribution in [0.3, 0.4) is 0 Å². The molecule has 1 aromatic carbocycles. The van der Waals surface area contributed by atoms with Crippen molar-refractivity contribution >= 4 is 32.0 Å². The third-order valence-corrected chi connectivity index (χ3v) is 4.37. The summed E-state index contributed by atoms with van der Waals surface area (Å²) in [5.41, 5.74) is 4.78. The van der Waals surface area contributed by atoms with Crippen LogP contribution in [-0.2, 0) is 10.0 Å². The van der Waals surface area contributed by atoms with Gasteiger partial charge in [-0.15, -0.1) is 0 Å². The topological polar surface area (TPSA) is 101 Å². The number of nitrogens with two attached hydrogens (primary N) is 1. The zero-order valence-electron chi connectivity index (χ0n) is 9.41. The number of carbonyl (C=O) groups excluding carboxylic acids is 1. The van der Waals surface area contributed by atoms with Crippen molar-refractivity contribution in [3.8, 4) is 0 Å². The molecule has 1 aromatic rings. The van der Waals surface area contributed by atoms with E-state index in [1.165, 1.54) is 0 Å². The van der Waals surface area contributed by atoms with Gasteiger partial charge in [-0.1, -0.05) is 0 Å². The minimum Gasteiger partial charge on any atom is -0.352 e. The molecule has 0 unspecified atom stereocenters. The molecule has 10 heteroatoms. The molecule has 0 saturated heterocycles. The first-order chi connectivity index (χ1) is 8.74. The molecule has 0 spiro atoms. The van der Waals surface area contributed by atoms with Crippen LogP contribution < -0.4 is 15.8 Å². The van der Waals surface area contributed by atoms with Gasteiger partial charge in [-0.25, -0.2) is 26.7 Å². The van der Waals surface area contributed by atoms with Crippen LogP contribution in [0.25, 0.3) is 0 Å². The molecule has 0 heterocycles. The molecular weight excluding hydrogens is 348 g/mol. The minimum atomic E-state index is -4.17. The lowest BCUT2D eigenvalue weighted by Gasteiger charge is -2.09. The molecule has 0 atom stereocenters. The molecule has 4 N–H and O–H groups in total. The maximum absolute atomic E-state index is 13.5. The smallest absolute Gasteiger partial charge is 0.312 e. The van der Waals surface area contributed by atoms with Crippen molar-refractivity contribution in [2.75, 3.05) is 13.1 Å². The van der Waals surface area contributed by atoms with Crippen LogP contribution in [-0.4, -0.2) is 27.5 Å². The second kappa shape index (κ2) is 6.26. The van der Waals surface area contributed by atoms with Crippen molar-refractivity contribution in [1.29, 1.82) is 0 Å². The predicted molar refractivity (Wildman–Crippen MR) is 66.8 cm³/mol. The monoisotopic (exact) mass is 357 g/mol. The number of nitrogens with one attached hydrogen (secondary N) is 2. The largest absolute Gasteiger partial charge is 0.352 e. The highest BCUT2D eigenvalue weighted by Gasteiger charge is 2.23. The summed E-state index contributed by atoms with van der Waals surface area (Å²) in [6.45, 7) is -0.247. The molecule has 106 valence electrons. The lowest BCUT2D eigenvalue weighted by molar-refractivity contribution is 0.249. The van der Waals surface area contributed by atoms with E-state index in [0.717, 1.165) is 6.07 Å². The van der Waals surface area contributed by atoms with Gasteiger partial charge in [0.1, 0.15) is 16.5 Å². The molecule has 0 radical (unpaired) electrons. The zero-order valence-corrected chi connectivity index (χ0v) is 11.8. The molecule has 0 bridgehead atoms. The summed E-state index contributed by atoms with van der Waals surface area (Å²) >= 11 is 2.78. The molecule has 0 aliphatic carbocycles. The van der Waals surface area contributed by atoms with E-state index in [-0.39, 0.29) is 17.6 Å². The molecule has 0 aliphatic rings. The van der Waals surface area contributed by atoms with E-state index in [0.29, 0.717) is 6.07 Å². The highest BCUT2D eigenvalue weighted by atomic mass is 79.9. The van der Waals surface area contributed by atoms with Gasteiger partial charge in [0.15, 0.2) is 0 Å². The standard InChI is InChI=1S/C9H10BrF2N3O3S/c10-6-3-5(11)4-7(12)8(6)19(17,18)15-2-1-14-9(13)16/h3-4,15H,1-2H2,(H3,13,14,16). The summed E-state index contributed by atoms with van der Waals surface area (Å²) < 4.78 is 51.7. The van der Waals surface area contributed by atoms with Crippen LogP contribution in [0.15, 0.2) is 21.5 Å². The first kappa shape index (κ1) is 15.8. The van der Waals surface area contributed by atoms with Crippen molar-refractivity contribution < 1.29 is 22.0 Å². The number of carbonyl (C=O) groups is 1. The third kappa shape index (κ3) is 4.40. The van der Waals surface area contributed by atoms with Crippen LogP contribution in [0.4, 0.5) is 13.6 Å². The number of primary amides is 1. The lowest BCUT2D eigenvalue weighted by Crippen LogP contribution is -2.37. The predicted octanol–water partition coefficient (Wildman–Crippen LogP) is 0.674. The normalized spacial score (nSPS) is 11.3. The van der Waals surface area contributed by atoms with Gasteiger partial charge in [0.25, 0.3) is 0 Å². The van der Waals surface area contributed by atoms with Crippen LogP contribution in [0.2, 0.25) is 0 Å². The Hall–Kier alpha value is -1.26. The molecule has 0 aromatic heterocycles. The van der Waals surface area contributed by atoms with Crippen molar-refractivity contribution in [2.45, 2.75) is 4.90 Å². The van der Waals surface area contributed by atoms with Gasteiger partial charge in [-0.2, -0.15) is 0 Å². The fourth-order valence-electron chi connectivity index (χ4n) is 1.23. The summed E-state index contributed by atoms with van der Waals surface area (Å²) in [6, 6.07) is 0.480. The summed E-state index contributed by atoms with van der Waals surface area (Å²) in [5, 5.41) is 2.15. The van der Waals surface area contributed by atoms with E-state index >= 15 is 0 Å². The van der Waals surface area contributed by atoms with Crippen molar-refractivity contribution in [3.63, 3.8) is 0 Å². The number of hydrogen-bond donors (Lipinski definition) is 3. The Morgan fingerprint density at radius 3 is 2.47 bits per heavy atom. The first-order valence-electron chi connectivity index (χ1n) is 4.91. The molecule has 19 heavy (non-hydrogen) atoms. The molecule has 2 amide bonds. The minimum absolute atomic E-state index is 0.0605. The van der Waals surface area contributed by atoms with Gasteiger partial charge in [-0.3, -0.25) is 0 Å². The van der Waals surface area contributed by atoms with Gasteiger partial charge >= 0.3 is 6.03 Å². The van der Waals surface area contributed by atoms with E-state index in [4.69, 9.17) is 5.73 Å². The maximum Gasteiger partial charge on any atom is 0.312 e. The van der Waals surface area contributed by atoms with E-state index in [1.807, 2.05) is 4.72 Å². The van der Waals surface area contributed by atoms with Gasteiger partial charge in [-0.05, 0) is 22.0 Å². The Balaban J connectivity index is 2.86. The Bertz CT molecular complexity index is 571. The molecule has 6 nitrogen and oxygen atoms in total. The summed E-state index contributed by atoms with van der Waals surface area (Å²) in [6.07, 6.45) is 0. The van der Waals surface area contributed by atoms with E-state index in [9.17, 15) is 22.0 Å². The molecular formula is C9H10BrF2N3O3S. The second-order valence-corrected chi connectivity index (χ2v) is 5.95. The van der Waals surface area contributed by atoms with Gasteiger partial charge < -0.3 is 11.1 Å². The number of sulfonamides is 1. The number of benzene rings is 1. The van der Waals surface area contributed by atoms with E-state index in [2.05, 4.69) is 21.2 Å². The highest BCUT2D eigenvalue weighted by molar-refractivity contribution is 9.10. The first-order valence-corrected chi connectivity index (χ1v) is 7.19. The summed E-state index contributed by atoms with van der Waals surface area (Å²) in [5.74, 6) is -2.12. The van der Waals surface area contributed by atoms with E-state index in [1.54, 1.807) is 0 Å². The number of hydrogen-bond acceptors (Lipinski definition) is 3. The van der Waals surface area contributed by atoms with Gasteiger partial charge in [0.2, 0.25) is 10.0 Å². The Morgan fingerprint density at radius 2 is 1.95 bits per heavy atom. The fourth-order valence-corrected chi connectivity index (χ4v) is 3.42. The lowest BCUT2D eigenvalue weighted by atomic mass is 10.3. The van der Waals surface area contributed by atoms with Gasteiger partial charge in [0, 0.05) is 23.6 Å². The number of halogens is 3. The average molecular weight is 358 g/mol. The molecule has 0 saturated carbocycles. The molecule has 1 rings (SSSR count). The van der Waals surface area contributed by atoms with Gasteiger partial charge in [0.05, 0.1) is 0 Å². The summed E-state index contributed by atoms with van der Waals surface area (Å²) in [4.78, 5) is 9.66. The molecule has 0 fully saturated rings. The van der Waals surface area contributed by atoms with Crippen molar-refractivity contribution in [1.82, 2.24) is 10.0 Å². The quantitative estimate of drug-likeness (QED) is 0.675. The Morgan fingerprint density at radius 1 is 1.32 bits per heavy atom. The van der Waals surface area contributed by atoms with Crippen LogP contribution >= 0.6 is 15.9 Å². The molecule has 0 aliphatic heterocycles. The Kier molecular flexibility index (Phi) is 5.20. The second-order valence-electron chi connectivity index (χ2n) is 3.39. The average Bonchev–Trinajstić information content (AvgIpc) is 2.22. The Labute approximate surface area is 116 Å². The summed E-state index contributed by atoms with van der Waals surface area (Å²) in [7, 11) is -4.17. The highest BCUT2D eigenvalue weighted by Crippen LogP contribution is 2.25. The maximum atomic E-state index is 13.5. The van der Waals surface area contributed by atoms with E-state index < -0.39 is 32.6 Å². The number of amides is 2. The SMILES string of the molecule is NC(=O)NCCNS(=O)(=O)c1c(F)cc(F)cc1Br. The van der Waals surface area contributed by atoms with Crippen molar-refractivity contribution in [3.05, 3.63) is 28.2 Å². The zero-order chi connectivity index (χ0) is 14.6. The number of urea groups is 1. The van der Waals surface area contributed by atoms with Crippen LogP contribution in [0, 0.1) is 11.6 Å². The van der Waals surface area contributed by atoms with Crippen LogP contribution in [0.1, 0.15) is 0 Å². The number of rotatable bonds is 5. The fraction of sp³-hybridized carbons (Fsp3) is 0.222. The van der Waals surface area contributed by atoms with Crippen LogP contribution in [0.5, 0.6) is 0 Å². The third-order valence-electron chi connectivity index (χ3n) is 1.95.